The van der Waals surface area contributed by atoms with E-state index in [1.165, 1.54) is 12.1 Å². The molecule has 0 aliphatic heterocycles. The number of rotatable bonds is 7. The lowest BCUT2D eigenvalue weighted by molar-refractivity contribution is -0.120. The first-order valence-corrected chi connectivity index (χ1v) is 8.59. The summed E-state index contributed by atoms with van der Waals surface area (Å²) >= 11 is 5.77. The third-order valence-electron chi connectivity index (χ3n) is 2.80. The van der Waals surface area contributed by atoms with Crippen LogP contribution in [0, 0.1) is 5.92 Å². The molecule has 1 amide bonds. The zero-order chi connectivity index (χ0) is 15.2. The maximum absolute atomic E-state index is 12.0. The molecular formula is C14H20ClNO3S. The lowest BCUT2D eigenvalue weighted by Gasteiger charge is -2.08. The molecule has 0 spiro atoms. The molecule has 0 saturated heterocycles. The summed E-state index contributed by atoms with van der Waals surface area (Å²) in [7, 11) is -3.46. The van der Waals surface area contributed by atoms with E-state index in [0.717, 1.165) is 6.42 Å². The van der Waals surface area contributed by atoms with Gasteiger partial charge >= 0.3 is 0 Å². The fourth-order valence-electron chi connectivity index (χ4n) is 1.59. The smallest absolute Gasteiger partial charge is 0.221 e. The number of carbonyl (C=O) groups is 1. The van der Waals surface area contributed by atoms with Gasteiger partial charge in [0.15, 0.2) is 9.84 Å². The molecule has 0 saturated carbocycles. The summed E-state index contributed by atoms with van der Waals surface area (Å²) in [5.74, 6) is 0.0580. The molecule has 0 aliphatic carbocycles. The monoisotopic (exact) mass is 317 g/mol. The number of hydrogen-bond donors (Lipinski definition) is 1. The Morgan fingerprint density at radius 3 is 2.65 bits per heavy atom. The summed E-state index contributed by atoms with van der Waals surface area (Å²) in [6, 6.07) is 6.07. The van der Waals surface area contributed by atoms with Gasteiger partial charge < -0.3 is 5.32 Å². The Labute approximate surface area is 125 Å². The highest BCUT2D eigenvalue weighted by Gasteiger charge is 2.16. The number of sulfone groups is 1. The average molecular weight is 318 g/mol. The van der Waals surface area contributed by atoms with Gasteiger partial charge in [0.2, 0.25) is 5.91 Å². The van der Waals surface area contributed by atoms with Crippen LogP contribution < -0.4 is 5.32 Å². The van der Waals surface area contributed by atoms with Gasteiger partial charge in [-0.3, -0.25) is 4.79 Å². The van der Waals surface area contributed by atoms with Crippen LogP contribution in [0.15, 0.2) is 29.2 Å². The Balaban J connectivity index is 2.50. The fraction of sp³-hybridized carbons (Fsp3) is 0.500. The van der Waals surface area contributed by atoms with Crippen molar-refractivity contribution in [3.63, 3.8) is 0 Å². The van der Waals surface area contributed by atoms with Gasteiger partial charge in [0.25, 0.3) is 0 Å². The Morgan fingerprint density at radius 1 is 1.35 bits per heavy atom. The Hall–Kier alpha value is -1.07. The quantitative estimate of drug-likeness (QED) is 0.841. The average Bonchev–Trinajstić information content (AvgIpc) is 2.36. The molecule has 0 heterocycles. The lowest BCUT2D eigenvalue weighted by atomic mass is 10.1. The molecule has 112 valence electrons. The molecule has 1 rings (SSSR count). The third kappa shape index (κ3) is 5.92. The molecule has 4 nitrogen and oxygen atoms in total. The maximum Gasteiger partial charge on any atom is 0.221 e. The van der Waals surface area contributed by atoms with E-state index in [4.69, 9.17) is 11.6 Å². The lowest BCUT2D eigenvalue weighted by Crippen LogP contribution is -2.27. The Bertz CT molecular complexity index is 555. The summed E-state index contributed by atoms with van der Waals surface area (Å²) in [5, 5.41) is 3.09. The zero-order valence-electron chi connectivity index (χ0n) is 11.7. The van der Waals surface area contributed by atoms with Gasteiger partial charge in [0, 0.05) is 18.0 Å². The van der Waals surface area contributed by atoms with Crippen molar-refractivity contribution in [1.29, 1.82) is 0 Å². The van der Waals surface area contributed by atoms with Gasteiger partial charge in [-0.25, -0.2) is 8.42 Å². The van der Waals surface area contributed by atoms with Crippen LogP contribution >= 0.6 is 11.6 Å². The normalized spacial score (nSPS) is 11.6. The molecule has 1 aromatic carbocycles. The van der Waals surface area contributed by atoms with Gasteiger partial charge in [0.1, 0.15) is 0 Å². The number of amides is 1. The van der Waals surface area contributed by atoms with Crippen LogP contribution in [0.1, 0.15) is 26.7 Å². The molecule has 0 atom stereocenters. The van der Waals surface area contributed by atoms with Crippen LogP contribution in [-0.4, -0.2) is 26.6 Å². The first-order chi connectivity index (χ1) is 9.31. The minimum Gasteiger partial charge on any atom is -0.356 e. The highest BCUT2D eigenvalue weighted by atomic mass is 35.5. The van der Waals surface area contributed by atoms with Gasteiger partial charge in [-0.05, 0) is 30.5 Å². The molecule has 1 aromatic rings. The van der Waals surface area contributed by atoms with E-state index in [0.29, 0.717) is 17.5 Å². The molecule has 1 N–H and O–H groups in total. The molecule has 0 bridgehead atoms. The van der Waals surface area contributed by atoms with Crippen molar-refractivity contribution in [2.24, 2.45) is 5.92 Å². The molecule has 0 radical (unpaired) electrons. The van der Waals surface area contributed by atoms with Crippen molar-refractivity contribution in [1.82, 2.24) is 5.32 Å². The highest BCUT2D eigenvalue weighted by molar-refractivity contribution is 7.91. The minimum atomic E-state index is -3.46. The largest absolute Gasteiger partial charge is 0.356 e. The standard InChI is InChI=1S/C14H20ClNO3S/c1-11(2)6-8-16-14(17)7-9-20(18,19)13-5-3-4-12(15)10-13/h3-5,10-11H,6-9H2,1-2H3,(H,16,17). The van der Waals surface area contributed by atoms with Crippen LogP contribution in [0.3, 0.4) is 0 Å². The second-order valence-corrected chi connectivity index (χ2v) is 7.60. The van der Waals surface area contributed by atoms with E-state index in [1.807, 2.05) is 0 Å². The second-order valence-electron chi connectivity index (χ2n) is 5.06. The van der Waals surface area contributed by atoms with Crippen LogP contribution in [-0.2, 0) is 14.6 Å². The summed E-state index contributed by atoms with van der Waals surface area (Å²) in [5.41, 5.74) is 0. The summed E-state index contributed by atoms with van der Waals surface area (Å²) < 4.78 is 24.1. The van der Waals surface area contributed by atoms with Gasteiger partial charge in [-0.1, -0.05) is 31.5 Å². The van der Waals surface area contributed by atoms with Gasteiger partial charge in [-0.2, -0.15) is 0 Å². The summed E-state index contributed by atoms with van der Waals surface area (Å²) in [6.45, 7) is 4.71. The molecule has 0 aromatic heterocycles. The predicted octanol–water partition coefficient (Wildman–Crippen LogP) is 2.67. The zero-order valence-corrected chi connectivity index (χ0v) is 13.3. The molecular weight excluding hydrogens is 298 g/mol. The van der Waals surface area contributed by atoms with Crippen molar-refractivity contribution in [2.75, 3.05) is 12.3 Å². The van der Waals surface area contributed by atoms with E-state index in [9.17, 15) is 13.2 Å². The molecule has 0 fully saturated rings. The summed E-state index contributed by atoms with van der Waals surface area (Å²) in [4.78, 5) is 11.7. The Morgan fingerprint density at radius 2 is 2.05 bits per heavy atom. The molecule has 0 aliphatic rings. The number of nitrogens with one attached hydrogen (secondary N) is 1. The Kier molecular flexibility index (Phi) is 6.49. The van der Waals surface area contributed by atoms with E-state index >= 15 is 0 Å². The van der Waals surface area contributed by atoms with Gasteiger partial charge in [0.05, 0.1) is 10.6 Å². The first kappa shape index (κ1) is 17.0. The maximum atomic E-state index is 12.0. The van der Waals surface area contributed by atoms with E-state index in [-0.39, 0.29) is 23.0 Å². The van der Waals surface area contributed by atoms with Crippen molar-refractivity contribution in [3.8, 4) is 0 Å². The van der Waals surface area contributed by atoms with Crippen LogP contribution in [0.2, 0.25) is 5.02 Å². The van der Waals surface area contributed by atoms with Crippen LogP contribution in [0.25, 0.3) is 0 Å². The first-order valence-electron chi connectivity index (χ1n) is 6.56. The molecule has 0 unspecified atom stereocenters. The van der Waals surface area contributed by atoms with Crippen molar-refractivity contribution < 1.29 is 13.2 Å². The van der Waals surface area contributed by atoms with E-state index in [1.54, 1.807) is 12.1 Å². The third-order valence-corrected chi connectivity index (χ3v) is 4.75. The van der Waals surface area contributed by atoms with Gasteiger partial charge in [-0.15, -0.1) is 0 Å². The van der Waals surface area contributed by atoms with E-state index in [2.05, 4.69) is 19.2 Å². The van der Waals surface area contributed by atoms with Crippen LogP contribution in [0.4, 0.5) is 0 Å². The minimum absolute atomic E-state index is 0.0348. The molecule has 20 heavy (non-hydrogen) atoms. The van der Waals surface area contributed by atoms with Crippen molar-refractivity contribution >= 4 is 27.3 Å². The number of hydrogen-bond acceptors (Lipinski definition) is 3. The fourth-order valence-corrected chi connectivity index (χ4v) is 3.13. The predicted molar refractivity (Wildman–Crippen MR) is 80.6 cm³/mol. The highest BCUT2D eigenvalue weighted by Crippen LogP contribution is 2.17. The van der Waals surface area contributed by atoms with Crippen LogP contribution in [0.5, 0.6) is 0 Å². The SMILES string of the molecule is CC(C)CCNC(=O)CCS(=O)(=O)c1cccc(Cl)c1. The second kappa shape index (κ2) is 7.64. The van der Waals surface area contributed by atoms with Crippen molar-refractivity contribution in [3.05, 3.63) is 29.3 Å². The van der Waals surface area contributed by atoms with Crippen molar-refractivity contribution in [2.45, 2.75) is 31.6 Å². The number of carbonyl (C=O) groups excluding carboxylic acids is 1. The molecule has 6 heteroatoms. The summed E-state index contributed by atoms with van der Waals surface area (Å²) in [6.07, 6.45) is 0.847. The van der Waals surface area contributed by atoms with E-state index < -0.39 is 9.84 Å². The topological polar surface area (TPSA) is 63.2 Å². The number of halogens is 1. The number of benzene rings is 1.